The highest BCUT2D eigenvalue weighted by molar-refractivity contribution is 5.85. The lowest BCUT2D eigenvalue weighted by atomic mass is 9.92. The minimum absolute atomic E-state index is 0. The van der Waals surface area contributed by atoms with Crippen molar-refractivity contribution in [1.29, 1.82) is 0 Å². The number of ether oxygens (including phenoxy) is 1. The Labute approximate surface area is 138 Å². The van der Waals surface area contributed by atoms with Crippen molar-refractivity contribution in [2.24, 2.45) is 5.73 Å². The predicted molar refractivity (Wildman–Crippen MR) is 88.9 cm³/mol. The minimum atomic E-state index is -0.297. The Kier molecular flexibility index (Phi) is 9.78. The Morgan fingerprint density at radius 2 is 1.86 bits per heavy atom. The maximum atomic E-state index is 12.7. The van der Waals surface area contributed by atoms with Crippen LogP contribution in [0.25, 0.3) is 0 Å². The smallest absolute Gasteiger partial charge is 0.220 e. The van der Waals surface area contributed by atoms with E-state index in [1.165, 1.54) is 12.1 Å². The van der Waals surface area contributed by atoms with Gasteiger partial charge in [-0.15, -0.1) is 12.4 Å². The van der Waals surface area contributed by atoms with Gasteiger partial charge in [0.25, 0.3) is 0 Å². The molecule has 3 N–H and O–H groups in total. The Morgan fingerprint density at radius 3 is 2.36 bits per heavy atom. The SMILES string of the molecule is CCC(CC)(CN)NC(=O)CCCOc1ccc(F)cc1.Cl. The van der Waals surface area contributed by atoms with Crippen molar-refractivity contribution in [1.82, 2.24) is 5.32 Å². The zero-order valence-corrected chi connectivity index (χ0v) is 14.0. The summed E-state index contributed by atoms with van der Waals surface area (Å²) in [4.78, 5) is 11.9. The Balaban J connectivity index is 0.00000441. The number of amides is 1. The molecule has 0 aliphatic carbocycles. The van der Waals surface area contributed by atoms with Crippen molar-refractivity contribution in [3.63, 3.8) is 0 Å². The van der Waals surface area contributed by atoms with Crippen molar-refractivity contribution in [2.45, 2.75) is 45.1 Å². The minimum Gasteiger partial charge on any atom is -0.494 e. The van der Waals surface area contributed by atoms with E-state index in [0.717, 1.165) is 12.8 Å². The third-order valence-corrected chi connectivity index (χ3v) is 3.78. The van der Waals surface area contributed by atoms with E-state index in [0.29, 0.717) is 31.7 Å². The molecular weight excluding hydrogens is 307 g/mol. The van der Waals surface area contributed by atoms with Crippen LogP contribution in [0.15, 0.2) is 24.3 Å². The van der Waals surface area contributed by atoms with E-state index in [9.17, 15) is 9.18 Å². The van der Waals surface area contributed by atoms with Crippen LogP contribution in [0.5, 0.6) is 5.75 Å². The molecule has 0 saturated heterocycles. The first-order valence-electron chi connectivity index (χ1n) is 7.44. The maximum absolute atomic E-state index is 12.7. The van der Waals surface area contributed by atoms with Gasteiger partial charge in [-0.05, 0) is 43.5 Å². The molecule has 1 aromatic rings. The van der Waals surface area contributed by atoms with Gasteiger partial charge in [-0.1, -0.05) is 13.8 Å². The fourth-order valence-electron chi connectivity index (χ4n) is 2.08. The number of nitrogens with two attached hydrogens (primary N) is 1. The monoisotopic (exact) mass is 332 g/mol. The first-order chi connectivity index (χ1) is 10.0. The number of nitrogens with one attached hydrogen (secondary N) is 1. The average molecular weight is 333 g/mol. The molecule has 0 saturated carbocycles. The van der Waals surface area contributed by atoms with Gasteiger partial charge < -0.3 is 15.8 Å². The summed E-state index contributed by atoms with van der Waals surface area (Å²) in [5.74, 6) is 0.307. The molecule has 1 aromatic carbocycles. The predicted octanol–water partition coefficient (Wildman–Crippen LogP) is 3.04. The van der Waals surface area contributed by atoms with Crippen molar-refractivity contribution < 1.29 is 13.9 Å². The topological polar surface area (TPSA) is 64.3 Å². The second-order valence-corrected chi connectivity index (χ2v) is 5.15. The number of carbonyl (C=O) groups excluding carboxylic acids is 1. The van der Waals surface area contributed by atoms with Crippen LogP contribution in [0.4, 0.5) is 4.39 Å². The van der Waals surface area contributed by atoms with Gasteiger partial charge in [0, 0.05) is 13.0 Å². The molecule has 0 unspecified atom stereocenters. The highest BCUT2D eigenvalue weighted by Crippen LogP contribution is 2.14. The van der Waals surface area contributed by atoms with Gasteiger partial charge in [0.15, 0.2) is 0 Å². The van der Waals surface area contributed by atoms with Crippen LogP contribution in [0, 0.1) is 5.82 Å². The molecule has 22 heavy (non-hydrogen) atoms. The third-order valence-electron chi connectivity index (χ3n) is 3.78. The van der Waals surface area contributed by atoms with Crippen LogP contribution in [0.1, 0.15) is 39.5 Å². The lowest BCUT2D eigenvalue weighted by Crippen LogP contribution is -2.52. The molecule has 0 fully saturated rings. The number of carbonyl (C=O) groups is 1. The third kappa shape index (κ3) is 6.62. The molecule has 0 bridgehead atoms. The number of hydrogen-bond donors (Lipinski definition) is 2. The summed E-state index contributed by atoms with van der Waals surface area (Å²) in [5, 5.41) is 3.02. The summed E-state index contributed by atoms with van der Waals surface area (Å²) in [6.07, 6.45) is 2.63. The molecule has 0 aliphatic rings. The zero-order valence-electron chi connectivity index (χ0n) is 13.2. The fourth-order valence-corrected chi connectivity index (χ4v) is 2.08. The molecule has 1 amide bonds. The van der Waals surface area contributed by atoms with E-state index in [2.05, 4.69) is 5.32 Å². The largest absolute Gasteiger partial charge is 0.494 e. The summed E-state index contributed by atoms with van der Waals surface area (Å²) in [6, 6.07) is 5.84. The Morgan fingerprint density at radius 1 is 1.27 bits per heavy atom. The zero-order chi connectivity index (χ0) is 15.7. The van der Waals surface area contributed by atoms with E-state index < -0.39 is 0 Å². The number of hydrogen-bond acceptors (Lipinski definition) is 3. The molecule has 0 radical (unpaired) electrons. The second-order valence-electron chi connectivity index (χ2n) is 5.15. The van der Waals surface area contributed by atoms with E-state index in [1.54, 1.807) is 12.1 Å². The number of halogens is 2. The van der Waals surface area contributed by atoms with Gasteiger partial charge in [0.1, 0.15) is 11.6 Å². The van der Waals surface area contributed by atoms with Gasteiger partial charge >= 0.3 is 0 Å². The lowest BCUT2D eigenvalue weighted by Gasteiger charge is -2.31. The van der Waals surface area contributed by atoms with Crippen molar-refractivity contribution in [3.8, 4) is 5.75 Å². The molecule has 1 rings (SSSR count). The van der Waals surface area contributed by atoms with Gasteiger partial charge in [-0.25, -0.2) is 4.39 Å². The van der Waals surface area contributed by atoms with E-state index in [4.69, 9.17) is 10.5 Å². The van der Waals surface area contributed by atoms with E-state index >= 15 is 0 Å². The summed E-state index contributed by atoms with van der Waals surface area (Å²) >= 11 is 0. The van der Waals surface area contributed by atoms with Crippen molar-refractivity contribution in [3.05, 3.63) is 30.1 Å². The fraction of sp³-hybridized carbons (Fsp3) is 0.562. The highest BCUT2D eigenvalue weighted by Gasteiger charge is 2.25. The van der Waals surface area contributed by atoms with Crippen molar-refractivity contribution in [2.75, 3.05) is 13.2 Å². The Hall–Kier alpha value is -1.33. The quantitative estimate of drug-likeness (QED) is 0.683. The van der Waals surface area contributed by atoms with Crippen LogP contribution in [-0.2, 0) is 4.79 Å². The van der Waals surface area contributed by atoms with E-state index in [-0.39, 0.29) is 29.7 Å². The van der Waals surface area contributed by atoms with Gasteiger partial charge in [-0.3, -0.25) is 4.79 Å². The number of rotatable bonds is 9. The summed E-state index contributed by atoms with van der Waals surface area (Å²) in [5.41, 5.74) is 5.45. The highest BCUT2D eigenvalue weighted by atomic mass is 35.5. The molecule has 0 atom stereocenters. The first-order valence-corrected chi connectivity index (χ1v) is 7.44. The van der Waals surface area contributed by atoms with Gasteiger partial charge in [-0.2, -0.15) is 0 Å². The number of benzene rings is 1. The average Bonchev–Trinajstić information content (AvgIpc) is 2.51. The molecule has 0 aliphatic heterocycles. The van der Waals surface area contributed by atoms with Gasteiger partial charge in [0.05, 0.1) is 12.1 Å². The molecule has 0 spiro atoms. The van der Waals surface area contributed by atoms with Gasteiger partial charge in [0.2, 0.25) is 5.91 Å². The molecule has 0 heterocycles. The molecule has 4 nitrogen and oxygen atoms in total. The molecule has 0 aromatic heterocycles. The normalized spacial score (nSPS) is 10.7. The standard InChI is InChI=1S/C16H25FN2O2.ClH/c1-3-16(4-2,12-18)19-15(20)6-5-11-21-14-9-7-13(17)8-10-14;/h7-10H,3-6,11-12,18H2,1-2H3,(H,19,20);1H. The Bertz CT molecular complexity index is 428. The van der Waals surface area contributed by atoms with Crippen LogP contribution in [-0.4, -0.2) is 24.6 Å². The van der Waals surface area contributed by atoms with E-state index in [1.807, 2.05) is 13.8 Å². The molecule has 126 valence electrons. The van der Waals surface area contributed by atoms with Crippen LogP contribution < -0.4 is 15.8 Å². The van der Waals surface area contributed by atoms with Crippen LogP contribution in [0.2, 0.25) is 0 Å². The molecule has 6 heteroatoms. The first kappa shape index (κ1) is 20.7. The van der Waals surface area contributed by atoms with Crippen molar-refractivity contribution >= 4 is 18.3 Å². The molecular formula is C16H26ClFN2O2. The summed E-state index contributed by atoms with van der Waals surface area (Å²) < 4.78 is 18.2. The lowest BCUT2D eigenvalue weighted by molar-refractivity contribution is -0.123. The van der Waals surface area contributed by atoms with Crippen LogP contribution >= 0.6 is 12.4 Å². The maximum Gasteiger partial charge on any atom is 0.220 e. The van der Waals surface area contributed by atoms with Crippen LogP contribution in [0.3, 0.4) is 0 Å². The summed E-state index contributed by atoms with van der Waals surface area (Å²) in [7, 11) is 0. The second kappa shape index (κ2) is 10.4. The summed E-state index contributed by atoms with van der Waals surface area (Å²) in [6.45, 7) is 4.91.